The number of hydrogen-bond donors (Lipinski definition) is 0. The largest absolute Gasteiger partial charge is 0.497 e. The van der Waals surface area contributed by atoms with Crippen molar-refractivity contribution in [1.29, 1.82) is 0 Å². The first-order valence-electron chi connectivity index (χ1n) is 9.97. The summed E-state index contributed by atoms with van der Waals surface area (Å²) in [6.45, 7) is 0. The first-order valence-corrected chi connectivity index (χ1v) is 10.8. The molecule has 0 atom stereocenters. The Kier molecular flexibility index (Phi) is 6.05. The summed E-state index contributed by atoms with van der Waals surface area (Å²) >= 11 is 1.49. The van der Waals surface area contributed by atoms with Crippen molar-refractivity contribution in [1.82, 2.24) is 4.57 Å². The number of thiazole rings is 1. The highest BCUT2D eigenvalue weighted by molar-refractivity contribution is 7.07. The van der Waals surface area contributed by atoms with Gasteiger partial charge < -0.3 is 9.64 Å². The fraction of sp³-hybridized carbons (Fsp3) is 0.115. The number of benzene rings is 3. The summed E-state index contributed by atoms with van der Waals surface area (Å²) in [5.74, 6) is 0.805. The van der Waals surface area contributed by atoms with Crippen molar-refractivity contribution in [3.8, 4) is 11.4 Å². The van der Waals surface area contributed by atoms with Gasteiger partial charge in [0.05, 0.1) is 17.3 Å². The molecule has 0 bridgehead atoms. The Balaban J connectivity index is 1.88. The summed E-state index contributed by atoms with van der Waals surface area (Å²) < 4.78 is 8.59. The van der Waals surface area contributed by atoms with Crippen LogP contribution in [-0.2, 0) is 0 Å². The molecule has 3 aromatic carbocycles. The Morgan fingerprint density at radius 1 is 0.839 bits per heavy atom. The number of aromatic nitrogens is 1. The monoisotopic (exact) mass is 428 g/mol. The molecule has 0 amide bonds. The lowest BCUT2D eigenvalue weighted by Crippen LogP contribution is -2.30. The van der Waals surface area contributed by atoms with Gasteiger partial charge in [0.2, 0.25) is 0 Å². The third-order valence-electron chi connectivity index (χ3n) is 4.98. The Bertz CT molecular complexity index is 1330. The molecular formula is C26H24N2O2S. The number of rotatable bonds is 5. The van der Waals surface area contributed by atoms with Crippen molar-refractivity contribution in [3.05, 3.63) is 110 Å². The van der Waals surface area contributed by atoms with Gasteiger partial charge in [-0.1, -0.05) is 42.5 Å². The Morgan fingerprint density at radius 2 is 1.45 bits per heavy atom. The molecule has 0 N–H and O–H groups in total. The molecule has 156 valence electrons. The number of anilines is 1. The maximum absolute atomic E-state index is 13.4. The SMILES string of the molecule is COc1ccc(/C=c2\s/c(=C\c3ccc(N(C)C)cc3)c(=O)n2-c2ccccc2)cc1. The van der Waals surface area contributed by atoms with Gasteiger partial charge in [-0.25, -0.2) is 0 Å². The summed E-state index contributed by atoms with van der Waals surface area (Å²) in [5.41, 5.74) is 3.96. The number of para-hydroxylation sites is 1. The predicted molar refractivity (Wildman–Crippen MR) is 130 cm³/mol. The summed E-state index contributed by atoms with van der Waals surface area (Å²) in [6, 6.07) is 25.7. The van der Waals surface area contributed by atoms with E-state index in [1.54, 1.807) is 11.7 Å². The molecule has 0 aliphatic heterocycles. The molecule has 4 nitrogen and oxygen atoms in total. The maximum Gasteiger partial charge on any atom is 0.273 e. The van der Waals surface area contributed by atoms with Gasteiger partial charge >= 0.3 is 0 Å². The zero-order chi connectivity index (χ0) is 21.8. The maximum atomic E-state index is 13.4. The molecule has 0 unspecified atom stereocenters. The molecular weight excluding hydrogens is 404 g/mol. The van der Waals surface area contributed by atoms with Crippen molar-refractivity contribution < 1.29 is 4.74 Å². The van der Waals surface area contributed by atoms with Crippen molar-refractivity contribution >= 4 is 29.2 Å². The highest BCUT2D eigenvalue weighted by Gasteiger charge is 2.07. The molecule has 1 aromatic heterocycles. The quantitative estimate of drug-likeness (QED) is 0.487. The first-order chi connectivity index (χ1) is 15.0. The molecule has 0 aliphatic rings. The average Bonchev–Trinajstić information content (AvgIpc) is 3.09. The van der Waals surface area contributed by atoms with E-state index in [0.29, 0.717) is 4.53 Å². The average molecular weight is 429 g/mol. The van der Waals surface area contributed by atoms with E-state index >= 15 is 0 Å². The van der Waals surface area contributed by atoms with Crippen LogP contribution < -0.4 is 24.4 Å². The van der Waals surface area contributed by atoms with Crippen molar-refractivity contribution in [2.24, 2.45) is 0 Å². The van der Waals surface area contributed by atoms with E-state index in [0.717, 1.165) is 32.9 Å². The molecule has 0 saturated carbocycles. The molecule has 0 saturated heterocycles. The highest BCUT2D eigenvalue weighted by Crippen LogP contribution is 2.13. The molecule has 0 fully saturated rings. The topological polar surface area (TPSA) is 34.5 Å². The fourth-order valence-electron chi connectivity index (χ4n) is 3.28. The molecule has 5 heteroatoms. The van der Waals surface area contributed by atoms with Crippen LogP contribution in [0.3, 0.4) is 0 Å². The van der Waals surface area contributed by atoms with E-state index in [9.17, 15) is 4.79 Å². The van der Waals surface area contributed by atoms with Gasteiger partial charge in [-0.3, -0.25) is 9.36 Å². The predicted octanol–water partition coefficient (Wildman–Crippen LogP) is 3.63. The van der Waals surface area contributed by atoms with Crippen LogP contribution in [0.25, 0.3) is 17.8 Å². The van der Waals surface area contributed by atoms with Crippen LogP contribution in [0.4, 0.5) is 5.69 Å². The minimum atomic E-state index is -0.0207. The molecule has 0 spiro atoms. The van der Waals surface area contributed by atoms with Gasteiger partial charge in [-0.2, -0.15) is 0 Å². The second-order valence-corrected chi connectivity index (χ2v) is 8.39. The number of methoxy groups -OCH3 is 1. The second kappa shape index (κ2) is 9.06. The number of nitrogens with zero attached hydrogens (tertiary/aromatic N) is 2. The van der Waals surface area contributed by atoms with Gasteiger partial charge in [0, 0.05) is 19.8 Å². The zero-order valence-electron chi connectivity index (χ0n) is 17.8. The van der Waals surface area contributed by atoms with Crippen LogP contribution in [0.2, 0.25) is 0 Å². The van der Waals surface area contributed by atoms with Crippen LogP contribution >= 0.6 is 11.3 Å². The van der Waals surface area contributed by atoms with Crippen LogP contribution in [-0.4, -0.2) is 25.8 Å². The molecule has 0 radical (unpaired) electrons. The normalized spacial score (nSPS) is 12.2. The van der Waals surface area contributed by atoms with Crippen molar-refractivity contribution in [2.45, 2.75) is 0 Å². The van der Waals surface area contributed by atoms with Crippen LogP contribution in [0, 0.1) is 0 Å². The molecule has 4 rings (SSSR count). The zero-order valence-corrected chi connectivity index (χ0v) is 18.6. The van der Waals surface area contributed by atoms with Crippen LogP contribution in [0.15, 0.2) is 83.7 Å². The van der Waals surface area contributed by atoms with E-state index in [2.05, 4.69) is 17.0 Å². The minimum absolute atomic E-state index is 0.0207. The summed E-state index contributed by atoms with van der Waals surface area (Å²) in [7, 11) is 5.67. The van der Waals surface area contributed by atoms with E-state index < -0.39 is 0 Å². The Morgan fingerprint density at radius 3 is 2.06 bits per heavy atom. The van der Waals surface area contributed by atoms with Crippen molar-refractivity contribution in [2.75, 3.05) is 26.1 Å². The van der Waals surface area contributed by atoms with Crippen LogP contribution in [0.1, 0.15) is 11.1 Å². The first kappa shape index (κ1) is 20.7. The summed E-state index contributed by atoms with van der Waals surface area (Å²) in [5, 5.41) is 0. The molecule has 4 aromatic rings. The lowest BCUT2D eigenvalue weighted by Gasteiger charge is -2.11. The summed E-state index contributed by atoms with van der Waals surface area (Å²) in [6.07, 6.45) is 3.99. The third-order valence-corrected chi connectivity index (χ3v) is 6.00. The standard InChI is InChI=1S/C26H24N2O2S/c1-27(2)21-13-9-19(10-14-21)17-24-26(29)28(22-7-5-4-6-8-22)25(31-24)18-20-11-15-23(30-3)16-12-20/h4-18H,1-3H3/b24-17-,25-18-. The van der Waals surface area contributed by atoms with Gasteiger partial charge in [-0.05, 0) is 59.7 Å². The number of ether oxygens (including phenoxy) is 1. The molecule has 31 heavy (non-hydrogen) atoms. The van der Waals surface area contributed by atoms with Gasteiger partial charge in [0.1, 0.15) is 10.4 Å². The Labute approximate surface area is 185 Å². The van der Waals surface area contributed by atoms with Crippen LogP contribution in [0.5, 0.6) is 5.75 Å². The fourth-order valence-corrected chi connectivity index (χ4v) is 4.36. The third kappa shape index (κ3) is 4.62. The minimum Gasteiger partial charge on any atom is -0.497 e. The van der Waals surface area contributed by atoms with E-state index in [1.165, 1.54) is 11.3 Å². The van der Waals surface area contributed by atoms with E-state index in [1.807, 2.05) is 93.0 Å². The number of hydrogen-bond acceptors (Lipinski definition) is 4. The van der Waals surface area contributed by atoms with Crippen molar-refractivity contribution in [3.63, 3.8) is 0 Å². The van der Waals surface area contributed by atoms with E-state index in [4.69, 9.17) is 4.74 Å². The Hall–Kier alpha value is -3.57. The summed E-state index contributed by atoms with van der Waals surface area (Å²) in [4.78, 5) is 15.4. The second-order valence-electron chi connectivity index (χ2n) is 7.33. The highest BCUT2D eigenvalue weighted by atomic mass is 32.1. The smallest absolute Gasteiger partial charge is 0.273 e. The lowest BCUT2D eigenvalue weighted by atomic mass is 10.2. The van der Waals surface area contributed by atoms with Gasteiger partial charge in [0.25, 0.3) is 5.56 Å². The molecule has 0 aliphatic carbocycles. The van der Waals surface area contributed by atoms with Gasteiger partial charge in [-0.15, -0.1) is 11.3 Å². The van der Waals surface area contributed by atoms with Gasteiger partial charge in [0.15, 0.2) is 0 Å². The van der Waals surface area contributed by atoms with E-state index in [-0.39, 0.29) is 5.56 Å². The molecule has 1 heterocycles. The lowest BCUT2D eigenvalue weighted by molar-refractivity contribution is 0.415.